The molecule has 1 aromatic heterocycles. The zero-order chi connectivity index (χ0) is 24.7. The number of aromatic nitrogens is 1. The van der Waals surface area contributed by atoms with Gasteiger partial charge in [0.25, 0.3) is 5.88 Å². The van der Waals surface area contributed by atoms with Crippen LogP contribution in [-0.2, 0) is 16.1 Å². The number of amides is 3. The number of imide groups is 1. The maximum absolute atomic E-state index is 13.5. The van der Waals surface area contributed by atoms with Crippen LogP contribution in [0.2, 0.25) is 5.02 Å². The largest absolute Gasteiger partial charge is 0.496 e. The monoisotopic (exact) mass is 493 g/mol. The molecule has 184 valence electrons. The Balaban J connectivity index is 1.86. The van der Waals surface area contributed by atoms with E-state index in [4.69, 9.17) is 25.7 Å². The second-order valence-electron chi connectivity index (χ2n) is 7.62. The molecule has 1 fully saturated rings. The van der Waals surface area contributed by atoms with Gasteiger partial charge in [0, 0.05) is 17.6 Å². The molecule has 0 aliphatic carbocycles. The fourth-order valence-corrected chi connectivity index (χ4v) is 3.78. The van der Waals surface area contributed by atoms with E-state index < -0.39 is 23.9 Å². The predicted octanol–water partition coefficient (Wildman–Crippen LogP) is 2.84. The van der Waals surface area contributed by atoms with Gasteiger partial charge in [-0.25, -0.2) is 4.79 Å². The number of ether oxygens (including phenoxy) is 1. The van der Waals surface area contributed by atoms with E-state index in [1.807, 2.05) is 6.92 Å². The smallest absolute Gasteiger partial charge is 0.325 e. The summed E-state index contributed by atoms with van der Waals surface area (Å²) in [6.07, 6.45) is 0.734. The standard InChI is InChI=1S/C22H28ClN5O6/c1-4-16(18-10-20(29)27-34-18)25-22(31)28-12-19(26-33-5-2)24-11-14(21(28)30)8-13-9-15(23)6-7-17(13)32-3/h6-7,9-10,14,16H,4-5,8,11-12H2,1-3H3,(H,24,26)(H,25,31)(H,27,29)/t14-,16-/m1/s1. The number of amidine groups is 1. The molecule has 0 spiro atoms. The van der Waals surface area contributed by atoms with Gasteiger partial charge in [0.05, 0.1) is 25.6 Å². The van der Waals surface area contributed by atoms with Crippen LogP contribution in [0.15, 0.2) is 33.9 Å². The van der Waals surface area contributed by atoms with Gasteiger partial charge >= 0.3 is 6.03 Å². The Morgan fingerprint density at radius 2 is 2.24 bits per heavy atom. The molecule has 2 aromatic rings. The van der Waals surface area contributed by atoms with Crippen LogP contribution in [0.5, 0.6) is 11.6 Å². The molecule has 0 bridgehead atoms. The minimum absolute atomic E-state index is 0.105. The minimum Gasteiger partial charge on any atom is -0.496 e. The second kappa shape index (κ2) is 11.6. The molecule has 0 radical (unpaired) electrons. The summed E-state index contributed by atoms with van der Waals surface area (Å²) in [6, 6.07) is 5.26. The van der Waals surface area contributed by atoms with Crippen LogP contribution in [0, 0.1) is 5.92 Å². The number of oxime groups is 1. The number of aromatic hydroxyl groups is 1. The van der Waals surface area contributed by atoms with E-state index in [0.717, 1.165) is 10.5 Å². The van der Waals surface area contributed by atoms with Gasteiger partial charge in [0.2, 0.25) is 5.91 Å². The lowest BCUT2D eigenvalue weighted by Gasteiger charge is -2.24. The first-order chi connectivity index (χ1) is 16.4. The lowest BCUT2D eigenvalue weighted by Crippen LogP contribution is -2.48. The average Bonchev–Trinajstić information content (AvgIpc) is 3.19. The van der Waals surface area contributed by atoms with Gasteiger partial charge in [-0.2, -0.15) is 0 Å². The Hall–Kier alpha value is -3.47. The van der Waals surface area contributed by atoms with Gasteiger partial charge in [-0.1, -0.05) is 23.7 Å². The van der Waals surface area contributed by atoms with Crippen molar-refractivity contribution in [3.05, 3.63) is 40.6 Å². The van der Waals surface area contributed by atoms with Crippen LogP contribution in [0.4, 0.5) is 4.79 Å². The number of urea groups is 1. The van der Waals surface area contributed by atoms with Crippen molar-refractivity contribution < 1.29 is 28.8 Å². The molecule has 1 aliphatic heterocycles. The van der Waals surface area contributed by atoms with E-state index in [9.17, 15) is 14.7 Å². The number of rotatable bonds is 8. The Morgan fingerprint density at radius 3 is 2.88 bits per heavy atom. The number of hydrogen-bond acceptors (Lipinski definition) is 8. The fourth-order valence-electron chi connectivity index (χ4n) is 3.58. The maximum atomic E-state index is 13.5. The van der Waals surface area contributed by atoms with Gasteiger partial charge in [-0.05, 0) is 48.7 Å². The lowest BCUT2D eigenvalue weighted by atomic mass is 9.97. The highest BCUT2D eigenvalue weighted by Crippen LogP contribution is 2.27. The molecule has 3 rings (SSSR count). The number of nitrogens with zero attached hydrogens (tertiary/aromatic N) is 3. The fraction of sp³-hybridized carbons (Fsp3) is 0.455. The quantitative estimate of drug-likeness (QED) is 0.477. The van der Waals surface area contributed by atoms with Crippen molar-refractivity contribution in [3.8, 4) is 11.6 Å². The van der Waals surface area contributed by atoms with Gasteiger partial charge in [-0.15, -0.1) is 0 Å². The molecular weight excluding hydrogens is 466 g/mol. The van der Waals surface area contributed by atoms with E-state index in [0.29, 0.717) is 29.6 Å². The summed E-state index contributed by atoms with van der Waals surface area (Å²) >= 11 is 6.15. The highest BCUT2D eigenvalue weighted by Gasteiger charge is 2.35. The molecule has 12 heteroatoms. The molecule has 34 heavy (non-hydrogen) atoms. The van der Waals surface area contributed by atoms with Crippen LogP contribution < -0.4 is 15.4 Å². The van der Waals surface area contributed by atoms with Gasteiger partial charge in [-0.3, -0.25) is 9.69 Å². The van der Waals surface area contributed by atoms with Crippen LogP contribution in [0.1, 0.15) is 37.6 Å². The zero-order valence-electron chi connectivity index (χ0n) is 19.2. The molecule has 2 heterocycles. The van der Waals surface area contributed by atoms with E-state index in [1.165, 1.54) is 6.07 Å². The molecule has 3 amide bonds. The van der Waals surface area contributed by atoms with Crippen LogP contribution in [0.25, 0.3) is 0 Å². The molecule has 1 aliphatic rings. The summed E-state index contributed by atoms with van der Waals surface area (Å²) < 4.78 is 10.5. The third-order valence-electron chi connectivity index (χ3n) is 5.30. The van der Waals surface area contributed by atoms with E-state index >= 15 is 0 Å². The van der Waals surface area contributed by atoms with Crippen molar-refractivity contribution in [2.75, 3.05) is 26.8 Å². The first kappa shape index (κ1) is 25.2. The normalized spacial score (nSPS) is 18.2. The SMILES string of the molecule is CCO/N=C1/CN(C(=O)N[C@H](CC)c2cc(O)no2)C(=O)[C@H](Cc2cc(Cl)ccc2OC)CN1. The Morgan fingerprint density at radius 1 is 1.44 bits per heavy atom. The molecule has 2 atom stereocenters. The first-order valence-corrected chi connectivity index (χ1v) is 11.3. The third-order valence-corrected chi connectivity index (χ3v) is 5.53. The Bertz CT molecular complexity index is 1040. The number of methoxy groups -OCH3 is 1. The first-order valence-electron chi connectivity index (χ1n) is 10.9. The summed E-state index contributed by atoms with van der Waals surface area (Å²) in [5.74, 6) is -0.0875. The average molecular weight is 494 g/mol. The highest BCUT2D eigenvalue weighted by atomic mass is 35.5. The number of carbonyl (C=O) groups is 2. The summed E-state index contributed by atoms with van der Waals surface area (Å²) in [7, 11) is 1.54. The zero-order valence-corrected chi connectivity index (χ0v) is 20.0. The summed E-state index contributed by atoms with van der Waals surface area (Å²) in [4.78, 5) is 32.9. The van der Waals surface area contributed by atoms with E-state index in [1.54, 1.807) is 32.2 Å². The number of halogens is 1. The summed E-state index contributed by atoms with van der Waals surface area (Å²) in [5.41, 5.74) is 0.740. The van der Waals surface area contributed by atoms with Crippen LogP contribution in [-0.4, -0.2) is 59.7 Å². The number of benzene rings is 1. The second-order valence-corrected chi connectivity index (χ2v) is 8.05. The van der Waals surface area contributed by atoms with Crippen LogP contribution in [0.3, 0.4) is 0 Å². The maximum Gasteiger partial charge on any atom is 0.325 e. The van der Waals surface area contributed by atoms with Crippen molar-refractivity contribution in [2.24, 2.45) is 11.1 Å². The summed E-state index contributed by atoms with van der Waals surface area (Å²) in [6.45, 7) is 4.07. The molecule has 1 aromatic carbocycles. The van der Waals surface area contributed by atoms with E-state index in [-0.39, 0.29) is 31.2 Å². The Kier molecular flexibility index (Phi) is 8.58. The molecular formula is C22H28ClN5O6. The summed E-state index contributed by atoms with van der Waals surface area (Å²) in [5, 5.41) is 23.3. The van der Waals surface area contributed by atoms with Crippen molar-refractivity contribution in [3.63, 3.8) is 0 Å². The minimum atomic E-state index is -0.635. The van der Waals surface area contributed by atoms with E-state index in [2.05, 4.69) is 20.9 Å². The van der Waals surface area contributed by atoms with Crippen molar-refractivity contribution in [2.45, 2.75) is 32.7 Å². The molecule has 1 saturated heterocycles. The van der Waals surface area contributed by atoms with Gasteiger partial charge in [0.1, 0.15) is 12.4 Å². The number of nitrogens with one attached hydrogen (secondary N) is 2. The van der Waals surface area contributed by atoms with Gasteiger partial charge in [0.15, 0.2) is 11.6 Å². The Labute approximate surface area is 202 Å². The highest BCUT2D eigenvalue weighted by molar-refractivity contribution is 6.30. The van der Waals surface area contributed by atoms with Crippen molar-refractivity contribution in [1.82, 2.24) is 20.7 Å². The third kappa shape index (κ3) is 6.10. The molecule has 11 nitrogen and oxygen atoms in total. The molecule has 3 N–H and O–H groups in total. The number of hydrogen-bond donors (Lipinski definition) is 3. The van der Waals surface area contributed by atoms with Crippen LogP contribution >= 0.6 is 11.6 Å². The van der Waals surface area contributed by atoms with Gasteiger partial charge < -0.3 is 29.8 Å². The number of carbonyl (C=O) groups excluding carboxylic acids is 2. The lowest BCUT2D eigenvalue weighted by molar-refractivity contribution is -0.131. The molecule has 0 unspecified atom stereocenters. The topological polar surface area (TPSA) is 139 Å². The van der Waals surface area contributed by atoms with Crippen molar-refractivity contribution in [1.29, 1.82) is 0 Å². The molecule has 0 saturated carbocycles. The predicted molar refractivity (Wildman–Crippen MR) is 124 cm³/mol. The van der Waals surface area contributed by atoms with Crippen molar-refractivity contribution >= 4 is 29.4 Å².